The van der Waals surface area contributed by atoms with E-state index < -0.39 is 0 Å². The van der Waals surface area contributed by atoms with E-state index in [9.17, 15) is 9.59 Å². The SMILES string of the molecule is Cc1ccccc1Cn1c(CN2CCC(C)CC2)nc2c1c(=O)n(C)c(=O)n2C. The van der Waals surface area contributed by atoms with Crippen LogP contribution in [0.2, 0.25) is 0 Å². The Hall–Kier alpha value is -2.67. The van der Waals surface area contributed by atoms with E-state index in [1.807, 2.05) is 16.7 Å². The molecule has 0 unspecified atom stereocenters. The van der Waals surface area contributed by atoms with Gasteiger partial charge in [0.2, 0.25) is 0 Å². The molecule has 0 saturated carbocycles. The number of fused-ring (bicyclic) bond motifs is 1. The van der Waals surface area contributed by atoms with Crippen molar-refractivity contribution in [1.29, 1.82) is 0 Å². The summed E-state index contributed by atoms with van der Waals surface area (Å²) in [4.78, 5) is 32.6. The zero-order valence-electron chi connectivity index (χ0n) is 17.7. The summed E-state index contributed by atoms with van der Waals surface area (Å²) in [5.41, 5.74) is 2.65. The van der Waals surface area contributed by atoms with Gasteiger partial charge in [0, 0.05) is 20.6 Å². The zero-order valence-corrected chi connectivity index (χ0v) is 17.7. The van der Waals surface area contributed by atoms with Gasteiger partial charge >= 0.3 is 5.69 Å². The molecule has 1 aliphatic heterocycles. The summed E-state index contributed by atoms with van der Waals surface area (Å²) in [6, 6.07) is 8.19. The van der Waals surface area contributed by atoms with E-state index in [4.69, 9.17) is 4.98 Å². The highest BCUT2D eigenvalue weighted by atomic mass is 16.2. The summed E-state index contributed by atoms with van der Waals surface area (Å²) in [6.45, 7) is 7.69. The lowest BCUT2D eigenvalue weighted by molar-refractivity contribution is 0.180. The third-order valence-electron chi connectivity index (χ3n) is 6.26. The van der Waals surface area contributed by atoms with Gasteiger partial charge in [-0.1, -0.05) is 31.2 Å². The molecule has 29 heavy (non-hydrogen) atoms. The lowest BCUT2D eigenvalue weighted by atomic mass is 9.99. The van der Waals surface area contributed by atoms with Crippen LogP contribution in [-0.2, 0) is 27.2 Å². The number of nitrogens with zero attached hydrogens (tertiary/aromatic N) is 5. The molecule has 1 saturated heterocycles. The number of hydrogen-bond acceptors (Lipinski definition) is 4. The van der Waals surface area contributed by atoms with Gasteiger partial charge in [-0.15, -0.1) is 0 Å². The Morgan fingerprint density at radius 3 is 2.41 bits per heavy atom. The first-order valence-corrected chi connectivity index (χ1v) is 10.3. The van der Waals surface area contributed by atoms with Gasteiger partial charge in [-0.05, 0) is 49.9 Å². The summed E-state index contributed by atoms with van der Waals surface area (Å²) < 4.78 is 4.66. The number of hydrogen-bond donors (Lipinski definition) is 0. The van der Waals surface area contributed by atoms with Crippen LogP contribution in [0, 0.1) is 12.8 Å². The average molecular weight is 396 g/mol. The Labute approximate surface area is 170 Å². The number of aromatic nitrogens is 4. The minimum absolute atomic E-state index is 0.289. The molecule has 0 radical (unpaired) electrons. The van der Waals surface area contributed by atoms with E-state index in [1.54, 1.807) is 7.05 Å². The summed E-state index contributed by atoms with van der Waals surface area (Å²) in [5.74, 6) is 1.60. The number of aryl methyl sites for hydroxylation is 2. The number of imidazole rings is 1. The third-order valence-corrected chi connectivity index (χ3v) is 6.26. The molecular weight excluding hydrogens is 366 g/mol. The van der Waals surface area contributed by atoms with Crippen molar-refractivity contribution < 1.29 is 0 Å². The first kappa shape index (κ1) is 19.6. The third kappa shape index (κ3) is 3.55. The quantitative estimate of drug-likeness (QED) is 0.678. The molecule has 3 heterocycles. The van der Waals surface area contributed by atoms with E-state index in [-0.39, 0.29) is 11.2 Å². The molecule has 7 nitrogen and oxygen atoms in total. The van der Waals surface area contributed by atoms with Crippen molar-refractivity contribution in [3.8, 4) is 0 Å². The molecular formula is C22H29N5O2. The van der Waals surface area contributed by atoms with Gasteiger partial charge in [-0.2, -0.15) is 0 Å². The topological polar surface area (TPSA) is 65.1 Å². The second-order valence-corrected chi connectivity index (χ2v) is 8.38. The molecule has 1 fully saturated rings. The van der Waals surface area contributed by atoms with Crippen LogP contribution in [0.25, 0.3) is 11.2 Å². The Morgan fingerprint density at radius 2 is 1.72 bits per heavy atom. The molecule has 1 aliphatic rings. The van der Waals surface area contributed by atoms with E-state index in [0.29, 0.717) is 24.3 Å². The first-order valence-electron chi connectivity index (χ1n) is 10.3. The second-order valence-electron chi connectivity index (χ2n) is 8.38. The lowest BCUT2D eigenvalue weighted by Gasteiger charge is -2.30. The summed E-state index contributed by atoms with van der Waals surface area (Å²) in [6.07, 6.45) is 2.36. The van der Waals surface area contributed by atoms with E-state index in [0.717, 1.165) is 30.4 Å². The van der Waals surface area contributed by atoms with Crippen LogP contribution in [0.4, 0.5) is 0 Å². The number of rotatable bonds is 4. The van der Waals surface area contributed by atoms with Crippen LogP contribution in [0.1, 0.15) is 36.7 Å². The Morgan fingerprint density at radius 1 is 1.03 bits per heavy atom. The summed E-state index contributed by atoms with van der Waals surface area (Å²) in [5, 5.41) is 0. The molecule has 0 bridgehead atoms. The van der Waals surface area contributed by atoms with Crippen LogP contribution >= 0.6 is 0 Å². The predicted molar refractivity (Wildman–Crippen MR) is 114 cm³/mol. The molecule has 1 aromatic carbocycles. The number of piperidine rings is 1. The van der Waals surface area contributed by atoms with Crippen molar-refractivity contribution in [3.63, 3.8) is 0 Å². The van der Waals surface area contributed by atoms with Crippen molar-refractivity contribution in [1.82, 2.24) is 23.6 Å². The van der Waals surface area contributed by atoms with E-state index in [2.05, 4.69) is 30.9 Å². The molecule has 0 N–H and O–H groups in total. The van der Waals surface area contributed by atoms with Crippen LogP contribution < -0.4 is 11.2 Å². The first-order chi connectivity index (χ1) is 13.9. The van der Waals surface area contributed by atoms with Gasteiger partial charge < -0.3 is 4.57 Å². The molecule has 3 aromatic rings. The highest BCUT2D eigenvalue weighted by molar-refractivity contribution is 5.71. The largest absolute Gasteiger partial charge is 0.332 e. The standard InChI is InChI=1S/C22H29N5O2/c1-15-9-11-26(12-10-15)14-18-23-20-19(21(28)25(4)22(29)24(20)3)27(18)13-17-8-6-5-7-16(17)2/h5-8,15H,9-14H2,1-4H3. The van der Waals surface area contributed by atoms with Gasteiger partial charge in [0.1, 0.15) is 5.82 Å². The molecule has 0 amide bonds. The number of benzene rings is 1. The monoisotopic (exact) mass is 395 g/mol. The van der Waals surface area contributed by atoms with Crippen LogP contribution in [0.5, 0.6) is 0 Å². The zero-order chi connectivity index (χ0) is 20.7. The normalized spacial score (nSPS) is 16.0. The minimum Gasteiger partial charge on any atom is -0.317 e. The molecule has 0 spiro atoms. The fourth-order valence-electron chi connectivity index (χ4n) is 4.16. The Kier molecular flexibility index (Phi) is 5.17. The molecule has 154 valence electrons. The van der Waals surface area contributed by atoms with Gasteiger partial charge in [0.05, 0.1) is 6.54 Å². The van der Waals surface area contributed by atoms with Crippen molar-refractivity contribution in [2.75, 3.05) is 13.1 Å². The van der Waals surface area contributed by atoms with Gasteiger partial charge in [0.15, 0.2) is 11.2 Å². The molecule has 4 rings (SSSR count). The van der Waals surface area contributed by atoms with E-state index in [1.165, 1.54) is 34.6 Å². The molecule has 0 aliphatic carbocycles. The smallest absolute Gasteiger partial charge is 0.317 e. The van der Waals surface area contributed by atoms with Crippen molar-refractivity contribution in [3.05, 3.63) is 62.1 Å². The van der Waals surface area contributed by atoms with Gasteiger partial charge in [0.25, 0.3) is 5.56 Å². The number of likely N-dealkylation sites (tertiary alicyclic amines) is 1. The summed E-state index contributed by atoms with van der Waals surface area (Å²) >= 11 is 0. The molecule has 2 aromatic heterocycles. The second kappa shape index (κ2) is 7.63. The average Bonchev–Trinajstić information content (AvgIpc) is 3.06. The highest BCUT2D eigenvalue weighted by Gasteiger charge is 2.23. The van der Waals surface area contributed by atoms with Crippen LogP contribution in [-0.4, -0.2) is 36.7 Å². The summed E-state index contributed by atoms with van der Waals surface area (Å²) in [7, 11) is 3.21. The highest BCUT2D eigenvalue weighted by Crippen LogP contribution is 2.21. The fraction of sp³-hybridized carbons (Fsp3) is 0.500. The van der Waals surface area contributed by atoms with E-state index >= 15 is 0 Å². The predicted octanol–water partition coefficient (Wildman–Crippen LogP) is 2.02. The lowest BCUT2D eigenvalue weighted by Crippen LogP contribution is -2.37. The maximum Gasteiger partial charge on any atom is 0.332 e. The van der Waals surface area contributed by atoms with Crippen molar-refractivity contribution >= 4 is 11.2 Å². The Balaban J connectivity index is 1.86. The van der Waals surface area contributed by atoms with Crippen LogP contribution in [0.15, 0.2) is 33.9 Å². The van der Waals surface area contributed by atoms with Crippen molar-refractivity contribution in [2.24, 2.45) is 20.0 Å². The maximum atomic E-state index is 13.0. The fourth-order valence-corrected chi connectivity index (χ4v) is 4.16. The van der Waals surface area contributed by atoms with Crippen molar-refractivity contribution in [2.45, 2.75) is 39.8 Å². The maximum absolute atomic E-state index is 13.0. The molecule has 0 atom stereocenters. The Bertz CT molecular complexity index is 1160. The minimum atomic E-state index is -0.346. The van der Waals surface area contributed by atoms with Gasteiger partial charge in [-0.3, -0.25) is 18.8 Å². The van der Waals surface area contributed by atoms with Gasteiger partial charge in [-0.25, -0.2) is 9.78 Å². The molecule has 7 heteroatoms. The van der Waals surface area contributed by atoms with Crippen LogP contribution in [0.3, 0.4) is 0 Å².